The lowest BCUT2D eigenvalue weighted by Gasteiger charge is -2.13. The van der Waals surface area contributed by atoms with E-state index in [1.54, 1.807) is 49.9 Å². The molecule has 0 aliphatic carbocycles. The van der Waals surface area contributed by atoms with Crippen molar-refractivity contribution in [3.05, 3.63) is 78.5 Å². The number of anilines is 1. The number of nitrogens with two attached hydrogens (primary N) is 1. The molecule has 1 amide bonds. The zero-order valence-corrected chi connectivity index (χ0v) is 19.4. The first-order valence-corrected chi connectivity index (χ1v) is 11.0. The van der Waals surface area contributed by atoms with Crippen LogP contribution in [-0.2, 0) is 13.6 Å². The maximum absolute atomic E-state index is 13.2. The summed E-state index contributed by atoms with van der Waals surface area (Å²) in [6.07, 6.45) is 6.13. The Bertz CT molecular complexity index is 1580. The number of aryl methyl sites for hydroxylation is 1. The van der Waals surface area contributed by atoms with Crippen LogP contribution in [0.2, 0.25) is 0 Å². The number of benzene rings is 1. The number of carbonyl (C=O) groups excluding carboxylic acids is 1. The van der Waals surface area contributed by atoms with E-state index in [1.807, 2.05) is 0 Å². The van der Waals surface area contributed by atoms with Gasteiger partial charge in [-0.1, -0.05) is 6.07 Å². The van der Waals surface area contributed by atoms with Crippen LogP contribution >= 0.6 is 0 Å². The molecule has 0 radical (unpaired) electrons. The van der Waals surface area contributed by atoms with E-state index in [0.717, 1.165) is 0 Å². The minimum Gasteiger partial charge on any atom is -0.439 e. The summed E-state index contributed by atoms with van der Waals surface area (Å²) in [6, 6.07) is 11.1. The average molecular weight is 506 g/mol. The minimum atomic E-state index is -3.08. The van der Waals surface area contributed by atoms with Gasteiger partial charge in [0.05, 0.1) is 23.1 Å². The van der Waals surface area contributed by atoms with Gasteiger partial charge < -0.3 is 20.5 Å². The smallest absolute Gasteiger partial charge is 0.387 e. The first kappa shape index (κ1) is 23.8. The second-order valence-corrected chi connectivity index (χ2v) is 7.78. The molecule has 0 bridgehead atoms. The molecule has 4 heterocycles. The van der Waals surface area contributed by atoms with Gasteiger partial charge in [0.1, 0.15) is 22.8 Å². The Hall–Kier alpha value is -4.91. The van der Waals surface area contributed by atoms with E-state index in [2.05, 4.69) is 25.5 Å². The fourth-order valence-electron chi connectivity index (χ4n) is 3.66. The zero-order chi connectivity index (χ0) is 25.9. The lowest BCUT2D eigenvalue weighted by Crippen LogP contribution is -2.12. The van der Waals surface area contributed by atoms with Crippen molar-refractivity contribution in [2.75, 3.05) is 5.32 Å². The highest BCUT2D eigenvalue weighted by molar-refractivity contribution is 6.09. The summed E-state index contributed by atoms with van der Waals surface area (Å²) in [5.74, 6) is -0.105. The highest BCUT2D eigenvalue weighted by atomic mass is 19.3. The molecule has 0 saturated carbocycles. The van der Waals surface area contributed by atoms with Crippen LogP contribution in [0.25, 0.3) is 16.9 Å². The molecule has 5 rings (SSSR count). The van der Waals surface area contributed by atoms with Crippen molar-refractivity contribution in [1.29, 1.82) is 0 Å². The second-order valence-electron chi connectivity index (χ2n) is 7.78. The molecule has 0 spiro atoms. The summed E-state index contributed by atoms with van der Waals surface area (Å²) in [6.45, 7) is -2.86. The fourth-order valence-corrected chi connectivity index (χ4v) is 3.66. The second kappa shape index (κ2) is 9.99. The molecule has 4 aromatic heterocycles. The quantitative estimate of drug-likeness (QED) is 0.326. The number of nitrogens with zero attached hydrogens (tertiary/aromatic N) is 6. The summed E-state index contributed by atoms with van der Waals surface area (Å²) in [7, 11) is 1.63. The van der Waals surface area contributed by atoms with Crippen molar-refractivity contribution in [3.63, 3.8) is 0 Å². The normalized spacial score (nSPS) is 11.2. The molecule has 5 aromatic rings. The van der Waals surface area contributed by atoms with Crippen LogP contribution < -0.4 is 20.5 Å². The monoisotopic (exact) mass is 506 g/mol. The van der Waals surface area contributed by atoms with Gasteiger partial charge >= 0.3 is 6.61 Å². The number of halogens is 2. The van der Waals surface area contributed by atoms with E-state index >= 15 is 0 Å². The number of amides is 1. The van der Waals surface area contributed by atoms with Crippen LogP contribution in [0.15, 0.2) is 67.3 Å². The third-order valence-electron chi connectivity index (χ3n) is 5.24. The Morgan fingerprint density at radius 3 is 2.89 bits per heavy atom. The fraction of sp³-hybridized carbons (Fsp3) is 0.125. The SMILES string of the molecule is Cn1cc(NC(=O)c2cnn3cccnc23)c(-c2cc(Oc3cccc(CN)n3)ccc2OC(F)F)n1. The molecule has 11 nitrogen and oxygen atoms in total. The number of rotatable bonds is 8. The topological polar surface area (TPSA) is 134 Å². The molecule has 0 unspecified atom stereocenters. The number of alkyl halides is 2. The molecular formula is C24H20F2N8O3. The number of carbonyl (C=O) groups is 1. The van der Waals surface area contributed by atoms with Gasteiger partial charge in [-0.3, -0.25) is 9.48 Å². The van der Waals surface area contributed by atoms with Crippen LogP contribution in [0.1, 0.15) is 16.1 Å². The number of pyridine rings is 1. The maximum atomic E-state index is 13.2. The molecule has 0 fully saturated rings. The summed E-state index contributed by atoms with van der Waals surface area (Å²) in [5.41, 5.74) is 7.45. The lowest BCUT2D eigenvalue weighted by atomic mass is 10.1. The van der Waals surface area contributed by atoms with E-state index in [-0.39, 0.29) is 46.4 Å². The summed E-state index contributed by atoms with van der Waals surface area (Å²) in [4.78, 5) is 21.5. The molecule has 0 aliphatic heterocycles. The minimum absolute atomic E-state index is 0.155. The van der Waals surface area contributed by atoms with Crippen molar-refractivity contribution in [2.24, 2.45) is 12.8 Å². The Morgan fingerprint density at radius 2 is 2.08 bits per heavy atom. The maximum Gasteiger partial charge on any atom is 0.387 e. The van der Waals surface area contributed by atoms with E-state index in [1.165, 1.54) is 33.6 Å². The van der Waals surface area contributed by atoms with Crippen molar-refractivity contribution in [3.8, 4) is 28.6 Å². The van der Waals surface area contributed by atoms with Crippen LogP contribution in [0.5, 0.6) is 17.4 Å². The van der Waals surface area contributed by atoms with Crippen molar-refractivity contribution < 1.29 is 23.0 Å². The Labute approximate surface area is 208 Å². The molecule has 0 aliphatic rings. The Morgan fingerprint density at radius 1 is 1.22 bits per heavy atom. The van der Waals surface area contributed by atoms with Crippen LogP contribution in [0.3, 0.4) is 0 Å². The predicted octanol–water partition coefficient (Wildman–Crippen LogP) is 3.63. The molecule has 0 atom stereocenters. The molecule has 1 aromatic carbocycles. The molecule has 37 heavy (non-hydrogen) atoms. The number of hydrogen-bond acceptors (Lipinski definition) is 8. The van der Waals surface area contributed by atoms with E-state index in [4.69, 9.17) is 15.2 Å². The van der Waals surface area contributed by atoms with Gasteiger partial charge in [0, 0.05) is 38.2 Å². The molecule has 3 N–H and O–H groups in total. The predicted molar refractivity (Wildman–Crippen MR) is 128 cm³/mol. The zero-order valence-electron chi connectivity index (χ0n) is 19.4. The number of hydrogen-bond donors (Lipinski definition) is 2. The van der Waals surface area contributed by atoms with Gasteiger partial charge in [-0.15, -0.1) is 0 Å². The van der Waals surface area contributed by atoms with Gasteiger partial charge in [-0.2, -0.15) is 19.0 Å². The van der Waals surface area contributed by atoms with Crippen LogP contribution in [0, 0.1) is 0 Å². The number of aromatic nitrogens is 6. The van der Waals surface area contributed by atoms with Crippen molar-refractivity contribution in [2.45, 2.75) is 13.2 Å². The van der Waals surface area contributed by atoms with E-state index in [0.29, 0.717) is 11.3 Å². The van der Waals surface area contributed by atoms with Crippen LogP contribution in [0.4, 0.5) is 14.5 Å². The Kier molecular flexibility index (Phi) is 6.43. The van der Waals surface area contributed by atoms with Gasteiger partial charge in [0.2, 0.25) is 5.88 Å². The average Bonchev–Trinajstić information content (AvgIpc) is 3.48. The summed E-state index contributed by atoms with van der Waals surface area (Å²) < 4.78 is 39.9. The largest absolute Gasteiger partial charge is 0.439 e. The van der Waals surface area contributed by atoms with Gasteiger partial charge in [-0.05, 0) is 30.3 Å². The molecule has 188 valence electrons. The standard InChI is InChI=1S/C24H20F2N8O3/c1-33-13-18(31-23(35)17-12-29-34-9-3-8-28-22(17)34)21(32-33)16-10-15(6-7-19(16)37-24(25)26)36-20-5-2-4-14(11-27)30-20/h2-10,12-13,24H,11,27H2,1H3,(H,31,35). The van der Waals surface area contributed by atoms with Gasteiger partial charge in [-0.25, -0.2) is 14.5 Å². The first-order valence-electron chi connectivity index (χ1n) is 11.0. The highest BCUT2D eigenvalue weighted by Gasteiger charge is 2.22. The van der Waals surface area contributed by atoms with E-state index < -0.39 is 12.5 Å². The molecule has 13 heteroatoms. The molecule has 0 saturated heterocycles. The third-order valence-corrected chi connectivity index (χ3v) is 5.24. The van der Waals surface area contributed by atoms with Crippen LogP contribution in [-0.4, -0.2) is 41.9 Å². The first-order chi connectivity index (χ1) is 17.9. The number of ether oxygens (including phenoxy) is 2. The number of fused-ring (bicyclic) bond motifs is 1. The van der Waals surface area contributed by atoms with Gasteiger partial charge in [0.15, 0.2) is 5.65 Å². The number of nitrogens with one attached hydrogen (secondary N) is 1. The van der Waals surface area contributed by atoms with Gasteiger partial charge in [0.25, 0.3) is 5.91 Å². The highest BCUT2D eigenvalue weighted by Crippen LogP contribution is 2.38. The van der Waals surface area contributed by atoms with Crippen molar-refractivity contribution >= 4 is 17.2 Å². The molecular weight excluding hydrogens is 486 g/mol. The summed E-state index contributed by atoms with van der Waals surface area (Å²) in [5, 5.41) is 11.3. The van der Waals surface area contributed by atoms with Crippen molar-refractivity contribution in [1.82, 2.24) is 29.4 Å². The Balaban J connectivity index is 1.51. The summed E-state index contributed by atoms with van der Waals surface area (Å²) >= 11 is 0. The lowest BCUT2D eigenvalue weighted by molar-refractivity contribution is -0.0494. The third kappa shape index (κ3) is 5.06. The van der Waals surface area contributed by atoms with E-state index in [9.17, 15) is 13.6 Å².